The first-order valence-corrected chi connectivity index (χ1v) is 12.0. The number of aromatic nitrogens is 2. The fraction of sp³-hybridized carbons (Fsp3) is 0.370. The molecule has 1 fully saturated rings. The van der Waals surface area contributed by atoms with Gasteiger partial charge in [0, 0.05) is 37.2 Å². The van der Waals surface area contributed by atoms with Gasteiger partial charge >= 0.3 is 0 Å². The van der Waals surface area contributed by atoms with Crippen molar-refractivity contribution < 1.29 is 9.53 Å². The molecule has 4 rings (SSSR count). The molecule has 2 aromatic carbocycles. The molecule has 0 radical (unpaired) electrons. The second-order valence-electron chi connectivity index (χ2n) is 8.48. The van der Waals surface area contributed by atoms with Crippen molar-refractivity contribution >= 4 is 11.7 Å². The number of anilines is 1. The van der Waals surface area contributed by atoms with Crippen LogP contribution in [0.5, 0.6) is 5.75 Å². The third-order valence-electron chi connectivity index (χ3n) is 6.29. The molecule has 0 aliphatic carbocycles. The molecule has 1 amide bonds. The third kappa shape index (κ3) is 5.47. The highest BCUT2D eigenvalue weighted by molar-refractivity contribution is 5.79. The fourth-order valence-corrected chi connectivity index (χ4v) is 4.27. The predicted octanol–water partition coefficient (Wildman–Crippen LogP) is 3.73. The monoisotopic (exact) mass is 460 g/mol. The Morgan fingerprint density at radius 1 is 1.03 bits per heavy atom. The Kier molecular flexibility index (Phi) is 7.62. The molecule has 1 saturated heterocycles. The van der Waals surface area contributed by atoms with Gasteiger partial charge in [-0.2, -0.15) is 4.68 Å². The Morgan fingerprint density at radius 2 is 1.76 bits per heavy atom. The summed E-state index contributed by atoms with van der Waals surface area (Å²) in [7, 11) is 0. The predicted molar refractivity (Wildman–Crippen MR) is 134 cm³/mol. The maximum absolute atomic E-state index is 12.8. The van der Waals surface area contributed by atoms with Gasteiger partial charge in [-0.1, -0.05) is 37.3 Å². The van der Waals surface area contributed by atoms with Gasteiger partial charge in [-0.15, -0.1) is 5.10 Å². The van der Waals surface area contributed by atoms with Gasteiger partial charge in [0.15, 0.2) is 0 Å². The average Bonchev–Trinajstić information content (AvgIpc) is 2.89. The van der Waals surface area contributed by atoms with Crippen molar-refractivity contribution in [1.82, 2.24) is 15.1 Å². The highest BCUT2D eigenvalue weighted by atomic mass is 16.5. The molecule has 3 aromatic rings. The van der Waals surface area contributed by atoms with E-state index < -0.39 is 0 Å². The molecule has 1 aliphatic rings. The number of piperidine rings is 1. The zero-order chi connectivity index (χ0) is 23.9. The van der Waals surface area contributed by atoms with Crippen molar-refractivity contribution in [3.05, 3.63) is 82.1 Å². The molecule has 7 heteroatoms. The second kappa shape index (κ2) is 11.0. The molecule has 1 aliphatic heterocycles. The van der Waals surface area contributed by atoms with Crippen LogP contribution in [-0.4, -0.2) is 35.4 Å². The maximum Gasteiger partial charge on any atom is 0.271 e. The largest absolute Gasteiger partial charge is 0.494 e. The van der Waals surface area contributed by atoms with Crippen LogP contribution in [0.15, 0.2) is 65.5 Å². The van der Waals surface area contributed by atoms with Crippen LogP contribution in [0.2, 0.25) is 0 Å². The van der Waals surface area contributed by atoms with Crippen LogP contribution in [0.4, 0.5) is 5.82 Å². The van der Waals surface area contributed by atoms with Gasteiger partial charge in [0.2, 0.25) is 5.91 Å². The van der Waals surface area contributed by atoms with Gasteiger partial charge in [0.05, 0.1) is 12.3 Å². The summed E-state index contributed by atoms with van der Waals surface area (Å²) in [4.78, 5) is 27.4. The first kappa shape index (κ1) is 23.5. The van der Waals surface area contributed by atoms with Gasteiger partial charge in [-0.05, 0) is 56.0 Å². The zero-order valence-corrected chi connectivity index (χ0v) is 19.9. The molecular weight excluding hydrogens is 428 g/mol. The van der Waals surface area contributed by atoms with Crippen LogP contribution in [-0.2, 0) is 17.8 Å². The molecule has 7 nitrogen and oxygen atoms in total. The van der Waals surface area contributed by atoms with Gasteiger partial charge < -0.3 is 15.0 Å². The van der Waals surface area contributed by atoms with E-state index in [0.717, 1.165) is 42.1 Å². The summed E-state index contributed by atoms with van der Waals surface area (Å²) in [5.41, 5.74) is 2.79. The summed E-state index contributed by atoms with van der Waals surface area (Å²) >= 11 is 0. The normalized spacial score (nSPS) is 14.1. The van der Waals surface area contributed by atoms with Gasteiger partial charge in [0.25, 0.3) is 5.56 Å². The lowest BCUT2D eigenvalue weighted by Gasteiger charge is -2.32. The quantitative estimate of drug-likeness (QED) is 0.554. The first-order chi connectivity index (χ1) is 16.6. The van der Waals surface area contributed by atoms with E-state index in [2.05, 4.69) is 22.2 Å². The zero-order valence-electron chi connectivity index (χ0n) is 19.9. The molecule has 1 N–H and O–H groups in total. The average molecular weight is 461 g/mol. The number of para-hydroxylation sites is 1. The Bertz CT molecular complexity index is 1160. The minimum Gasteiger partial charge on any atom is -0.494 e. The van der Waals surface area contributed by atoms with E-state index in [1.54, 1.807) is 12.1 Å². The Labute approximate surface area is 200 Å². The minimum absolute atomic E-state index is 0.0389. The molecule has 0 atom stereocenters. The van der Waals surface area contributed by atoms with Gasteiger partial charge in [0.1, 0.15) is 11.6 Å². The van der Waals surface area contributed by atoms with Crippen LogP contribution in [0.3, 0.4) is 0 Å². The van der Waals surface area contributed by atoms with Crippen LogP contribution in [0.1, 0.15) is 37.8 Å². The molecule has 0 saturated carbocycles. The van der Waals surface area contributed by atoms with E-state index >= 15 is 0 Å². The van der Waals surface area contributed by atoms with Crippen LogP contribution in [0, 0.1) is 5.92 Å². The number of benzene rings is 2. The third-order valence-corrected chi connectivity index (χ3v) is 6.29. The minimum atomic E-state index is -0.158. The summed E-state index contributed by atoms with van der Waals surface area (Å²) in [5.74, 6) is 1.59. The summed E-state index contributed by atoms with van der Waals surface area (Å²) in [6.45, 7) is 6.53. The van der Waals surface area contributed by atoms with Crippen LogP contribution < -0.4 is 20.5 Å². The number of ether oxygens (including phenoxy) is 1. The molecule has 0 unspecified atom stereocenters. The van der Waals surface area contributed by atoms with Crippen molar-refractivity contribution in [3.63, 3.8) is 0 Å². The van der Waals surface area contributed by atoms with Gasteiger partial charge in [-0.25, -0.2) is 0 Å². The number of hydrogen-bond acceptors (Lipinski definition) is 5. The van der Waals surface area contributed by atoms with Crippen molar-refractivity contribution in [2.75, 3.05) is 24.6 Å². The number of hydrogen-bond donors (Lipinski definition) is 1. The van der Waals surface area contributed by atoms with Crippen molar-refractivity contribution in [1.29, 1.82) is 0 Å². The highest BCUT2D eigenvalue weighted by Crippen LogP contribution is 2.23. The molecule has 0 spiro atoms. The van der Waals surface area contributed by atoms with E-state index in [9.17, 15) is 9.59 Å². The summed E-state index contributed by atoms with van der Waals surface area (Å²) in [6, 6.07) is 19.0. The fourth-order valence-electron chi connectivity index (χ4n) is 4.27. The Hall–Kier alpha value is -3.61. The number of rotatable bonds is 8. The topological polar surface area (TPSA) is 76.5 Å². The summed E-state index contributed by atoms with van der Waals surface area (Å²) < 4.78 is 7.10. The summed E-state index contributed by atoms with van der Waals surface area (Å²) in [6.07, 6.45) is 2.43. The van der Waals surface area contributed by atoms with Crippen molar-refractivity contribution in [2.45, 2.75) is 39.7 Å². The number of carbonyl (C=O) groups is 1. The van der Waals surface area contributed by atoms with Crippen molar-refractivity contribution in [2.24, 2.45) is 5.92 Å². The van der Waals surface area contributed by atoms with E-state index in [-0.39, 0.29) is 17.4 Å². The lowest BCUT2D eigenvalue weighted by molar-refractivity contribution is -0.125. The number of amides is 1. The van der Waals surface area contributed by atoms with Crippen LogP contribution in [0.25, 0.3) is 5.69 Å². The SMILES string of the molecule is CCOc1ccccc1CNC(=O)C1CCN(c2ccc(=O)n(-c3ccc(CC)cc3)n2)CC1. The number of carbonyl (C=O) groups excluding carboxylic acids is 1. The highest BCUT2D eigenvalue weighted by Gasteiger charge is 2.26. The summed E-state index contributed by atoms with van der Waals surface area (Å²) in [5, 5.41) is 7.68. The standard InChI is InChI=1S/C27H32N4O3/c1-3-20-9-11-23(12-10-20)31-26(32)14-13-25(29-31)30-17-15-21(16-18-30)27(33)28-19-22-7-5-6-8-24(22)34-4-2/h5-14,21H,3-4,15-19H2,1-2H3,(H,28,33). The molecular formula is C27H32N4O3. The van der Waals surface area contributed by atoms with Gasteiger partial charge in [-0.3, -0.25) is 9.59 Å². The Morgan fingerprint density at radius 3 is 2.47 bits per heavy atom. The molecule has 2 heterocycles. The second-order valence-corrected chi connectivity index (χ2v) is 8.48. The van der Waals surface area contributed by atoms with E-state index in [1.165, 1.54) is 10.2 Å². The Balaban J connectivity index is 1.36. The van der Waals surface area contributed by atoms with E-state index in [1.807, 2.05) is 55.5 Å². The molecule has 34 heavy (non-hydrogen) atoms. The molecule has 0 bridgehead atoms. The lowest BCUT2D eigenvalue weighted by atomic mass is 9.96. The molecule has 1 aromatic heterocycles. The smallest absolute Gasteiger partial charge is 0.271 e. The first-order valence-electron chi connectivity index (χ1n) is 12.0. The van der Waals surface area contributed by atoms with Crippen LogP contribution >= 0.6 is 0 Å². The maximum atomic E-state index is 12.8. The number of aryl methyl sites for hydroxylation is 1. The number of nitrogens with one attached hydrogen (secondary N) is 1. The van der Waals surface area contributed by atoms with Crippen molar-refractivity contribution in [3.8, 4) is 11.4 Å². The lowest BCUT2D eigenvalue weighted by Crippen LogP contribution is -2.41. The van der Waals surface area contributed by atoms with E-state index in [4.69, 9.17) is 4.74 Å². The number of nitrogens with zero attached hydrogens (tertiary/aromatic N) is 3. The molecule has 178 valence electrons. The van der Waals surface area contributed by atoms with E-state index in [0.29, 0.717) is 26.2 Å².